The van der Waals surface area contributed by atoms with Gasteiger partial charge < -0.3 is 9.94 Å². The van der Waals surface area contributed by atoms with Gasteiger partial charge in [-0.15, -0.1) is 10.2 Å². The van der Waals surface area contributed by atoms with Gasteiger partial charge in [0.15, 0.2) is 0 Å². The lowest BCUT2D eigenvalue weighted by atomic mass is 10.2. The highest BCUT2D eigenvalue weighted by Gasteiger charge is 2.14. The van der Waals surface area contributed by atoms with E-state index in [0.29, 0.717) is 12.3 Å². The van der Waals surface area contributed by atoms with Gasteiger partial charge >= 0.3 is 0 Å². The van der Waals surface area contributed by atoms with E-state index >= 15 is 0 Å². The number of methoxy groups -OCH3 is 1. The summed E-state index contributed by atoms with van der Waals surface area (Å²) in [6.45, 7) is 0.458. The molecule has 5 nitrogen and oxygen atoms in total. The first-order valence-electron chi connectivity index (χ1n) is 6.09. The van der Waals surface area contributed by atoms with Gasteiger partial charge in [0, 0.05) is 6.42 Å². The number of hydroxylamine groups is 2. The van der Waals surface area contributed by atoms with E-state index < -0.39 is 4.76 Å². The molecule has 0 fully saturated rings. The molecule has 0 aliphatic heterocycles. The third-order valence-corrected chi connectivity index (χ3v) is 3.15. The van der Waals surface area contributed by atoms with Crippen molar-refractivity contribution < 1.29 is 9.49 Å². The van der Waals surface area contributed by atoms with Crippen molar-refractivity contribution >= 4 is 18.8 Å². The quantitative estimate of drug-likeness (QED) is 0.361. The van der Waals surface area contributed by atoms with Gasteiger partial charge in [-0.3, -0.25) is 0 Å². The number of hydrazone groups is 1. The Morgan fingerprint density at radius 2 is 2.05 bits per heavy atom. The zero-order chi connectivity index (χ0) is 14.3. The molecule has 0 amide bonds. The number of ether oxygens (including phenoxy) is 1. The van der Waals surface area contributed by atoms with Gasteiger partial charge in [-0.1, -0.05) is 0 Å². The van der Waals surface area contributed by atoms with E-state index in [4.69, 9.17) is 4.74 Å². The van der Waals surface area contributed by atoms with E-state index in [2.05, 4.69) is 17.7 Å². The molecule has 1 atom stereocenters. The van der Waals surface area contributed by atoms with Crippen LogP contribution >= 0.6 is 12.6 Å². The first kappa shape index (κ1) is 15.8. The lowest BCUT2D eigenvalue weighted by Crippen LogP contribution is -2.49. The van der Waals surface area contributed by atoms with E-state index in [1.807, 2.05) is 24.3 Å². The molecule has 0 saturated carbocycles. The number of quaternary nitrogens is 1. The third kappa shape index (κ3) is 5.10. The summed E-state index contributed by atoms with van der Waals surface area (Å²) in [5.74, 6) is 1.50. The Morgan fingerprint density at radius 3 is 2.58 bits per heavy atom. The molecule has 0 heterocycles. The number of hydrogen-bond acceptors (Lipinski definition) is 5. The van der Waals surface area contributed by atoms with Crippen LogP contribution in [-0.4, -0.2) is 49.6 Å². The van der Waals surface area contributed by atoms with Crippen molar-refractivity contribution in [3.63, 3.8) is 0 Å². The number of thiol groups is 1. The molecule has 0 aliphatic rings. The highest BCUT2D eigenvalue weighted by molar-refractivity contribution is 7.80. The Hall–Kier alpha value is -1.24. The smallest absolute Gasteiger partial charge is 0.118 e. The fourth-order valence-electron chi connectivity index (χ4n) is 1.46. The summed E-state index contributed by atoms with van der Waals surface area (Å²) in [5, 5.41) is 17.8. The van der Waals surface area contributed by atoms with Crippen LogP contribution in [0, 0.1) is 5.21 Å². The van der Waals surface area contributed by atoms with Gasteiger partial charge in [-0.25, -0.2) is 4.76 Å². The maximum Gasteiger partial charge on any atom is 0.118 e. The molecular formula is C13H21N3O2S. The number of nitrogens with zero attached hydrogens (tertiary/aromatic N) is 3. The molecule has 106 valence electrons. The molecule has 0 saturated heterocycles. The summed E-state index contributed by atoms with van der Waals surface area (Å²) >= 11 is 4.11. The van der Waals surface area contributed by atoms with Gasteiger partial charge in [0.2, 0.25) is 0 Å². The van der Waals surface area contributed by atoms with E-state index in [0.717, 1.165) is 17.7 Å². The Morgan fingerprint density at radius 1 is 1.42 bits per heavy atom. The molecule has 0 bridgehead atoms. The molecule has 0 radical (unpaired) electrons. The Bertz CT molecular complexity index is 407. The molecule has 0 aliphatic carbocycles. The molecule has 1 aromatic carbocycles. The second-order valence-electron chi connectivity index (χ2n) is 4.36. The Balaban J connectivity index is 2.63. The maximum absolute atomic E-state index is 12.2. The van der Waals surface area contributed by atoms with Gasteiger partial charge in [0.05, 0.1) is 27.4 Å². The van der Waals surface area contributed by atoms with Crippen molar-refractivity contribution in [3.8, 4) is 5.75 Å². The fourth-order valence-corrected chi connectivity index (χ4v) is 1.60. The second-order valence-corrected chi connectivity index (χ2v) is 4.81. The molecule has 1 aromatic rings. The largest absolute Gasteiger partial charge is 0.605 e. The average molecular weight is 283 g/mol. The highest BCUT2D eigenvalue weighted by atomic mass is 32.1. The first-order chi connectivity index (χ1) is 8.99. The SMILES string of the molecule is COc1ccc(/C=N\N(C)[N+](C)([O-])CCCS)cc1. The molecule has 1 unspecified atom stereocenters. The van der Waals surface area contributed by atoms with Crippen molar-refractivity contribution in [3.05, 3.63) is 35.0 Å². The van der Waals surface area contributed by atoms with E-state index in [9.17, 15) is 5.21 Å². The minimum absolute atomic E-state index is 0.458. The topological polar surface area (TPSA) is 47.9 Å². The minimum atomic E-state index is -0.535. The monoisotopic (exact) mass is 283 g/mol. The van der Waals surface area contributed by atoms with Crippen molar-refractivity contribution in [1.29, 1.82) is 0 Å². The van der Waals surface area contributed by atoms with Gasteiger partial charge in [0.25, 0.3) is 0 Å². The zero-order valence-corrected chi connectivity index (χ0v) is 12.5. The highest BCUT2D eigenvalue weighted by Crippen LogP contribution is 2.11. The summed E-state index contributed by atoms with van der Waals surface area (Å²) in [4.78, 5) is 0. The molecule has 0 spiro atoms. The van der Waals surface area contributed by atoms with E-state index in [-0.39, 0.29) is 0 Å². The maximum atomic E-state index is 12.2. The minimum Gasteiger partial charge on any atom is -0.605 e. The van der Waals surface area contributed by atoms with Crippen molar-refractivity contribution in [2.75, 3.05) is 33.5 Å². The lowest BCUT2D eigenvalue weighted by molar-refractivity contribution is -0.975. The Labute approximate surface area is 120 Å². The second kappa shape index (κ2) is 7.37. The zero-order valence-electron chi connectivity index (χ0n) is 11.6. The van der Waals surface area contributed by atoms with Crippen LogP contribution in [0.15, 0.2) is 29.4 Å². The molecule has 19 heavy (non-hydrogen) atoms. The van der Waals surface area contributed by atoms with Crippen molar-refractivity contribution in [2.45, 2.75) is 6.42 Å². The van der Waals surface area contributed by atoms with E-state index in [1.165, 1.54) is 5.12 Å². The lowest BCUT2D eigenvalue weighted by Gasteiger charge is -2.42. The fraction of sp³-hybridized carbons (Fsp3) is 0.462. The first-order valence-corrected chi connectivity index (χ1v) is 6.72. The van der Waals surface area contributed by atoms with Gasteiger partial charge in [0.1, 0.15) is 12.3 Å². The summed E-state index contributed by atoms with van der Waals surface area (Å²) < 4.78 is 4.54. The van der Waals surface area contributed by atoms with Crippen molar-refractivity contribution in [1.82, 2.24) is 5.12 Å². The molecule has 0 aromatic heterocycles. The summed E-state index contributed by atoms with van der Waals surface area (Å²) in [6.07, 6.45) is 2.42. The molecule has 6 heteroatoms. The van der Waals surface area contributed by atoms with Crippen LogP contribution in [0.25, 0.3) is 0 Å². The number of benzene rings is 1. The van der Waals surface area contributed by atoms with Gasteiger partial charge in [-0.05, 0) is 35.6 Å². The predicted molar refractivity (Wildman–Crippen MR) is 81.2 cm³/mol. The van der Waals surface area contributed by atoms with Crippen LogP contribution in [0.4, 0.5) is 0 Å². The summed E-state index contributed by atoms with van der Waals surface area (Å²) in [5.41, 5.74) is 0.918. The Kier molecular flexibility index (Phi) is 6.14. The molecular weight excluding hydrogens is 262 g/mol. The summed E-state index contributed by atoms with van der Waals surface area (Å²) in [7, 11) is 4.87. The standard InChI is InChI=1S/C13H21N3O2S/c1-15(16(2,17)9-4-10-19)14-11-12-5-7-13(18-3)8-6-12/h5-8,11,19H,4,9-10H2,1-3H3/b14-11-. The normalized spacial score (nSPS) is 14.4. The van der Waals surface area contributed by atoms with Crippen LogP contribution < -0.4 is 4.74 Å². The van der Waals surface area contributed by atoms with Gasteiger partial charge in [-0.2, -0.15) is 12.6 Å². The van der Waals surface area contributed by atoms with Crippen LogP contribution in [0.3, 0.4) is 0 Å². The summed E-state index contributed by atoms with van der Waals surface area (Å²) in [6, 6.07) is 7.49. The van der Waals surface area contributed by atoms with Crippen molar-refractivity contribution in [2.24, 2.45) is 5.10 Å². The van der Waals surface area contributed by atoms with Crippen LogP contribution in [0.2, 0.25) is 0 Å². The third-order valence-electron chi connectivity index (χ3n) is 2.83. The van der Waals surface area contributed by atoms with Crippen LogP contribution in [0.1, 0.15) is 12.0 Å². The van der Waals surface area contributed by atoms with Crippen LogP contribution in [-0.2, 0) is 0 Å². The molecule has 1 rings (SSSR count). The van der Waals surface area contributed by atoms with Crippen LogP contribution in [0.5, 0.6) is 5.75 Å². The average Bonchev–Trinajstić information content (AvgIpc) is 2.43. The number of hydrogen-bond donors (Lipinski definition) is 1. The number of rotatable bonds is 7. The van der Waals surface area contributed by atoms with E-state index in [1.54, 1.807) is 27.4 Å². The molecule has 0 N–H and O–H groups in total. The predicted octanol–water partition coefficient (Wildman–Crippen LogP) is 2.14.